The lowest BCUT2D eigenvalue weighted by Crippen LogP contribution is -2.24. The minimum Gasteiger partial charge on any atom is -0.462 e. The average Bonchev–Trinajstić information content (AvgIpc) is 2.65. The van der Waals surface area contributed by atoms with Gasteiger partial charge in [-0.15, -0.1) is 12.4 Å². The van der Waals surface area contributed by atoms with Crippen LogP contribution in [0.5, 0.6) is 0 Å². The summed E-state index contributed by atoms with van der Waals surface area (Å²) in [5.41, 5.74) is 0. The van der Waals surface area contributed by atoms with E-state index in [1.54, 1.807) is 6.26 Å². The van der Waals surface area contributed by atoms with Crippen molar-refractivity contribution in [2.75, 3.05) is 6.54 Å². The summed E-state index contributed by atoms with van der Waals surface area (Å²) < 4.78 is 5.44. The largest absolute Gasteiger partial charge is 0.462 e. The van der Waals surface area contributed by atoms with Crippen molar-refractivity contribution < 1.29 is 4.74 Å². The van der Waals surface area contributed by atoms with E-state index in [1.807, 2.05) is 12.4 Å². The van der Waals surface area contributed by atoms with E-state index in [0.29, 0.717) is 0 Å². The molecule has 0 aromatic rings. The van der Waals surface area contributed by atoms with Crippen LogP contribution >= 0.6 is 12.4 Å². The van der Waals surface area contributed by atoms with E-state index >= 15 is 0 Å². The second-order valence-corrected chi connectivity index (χ2v) is 3.11. The Hall–Kier alpha value is -1.29. The number of aliphatic imine (C=N–C) groups is 2. The number of nitrogens with zero attached hydrogens (tertiary/aromatic N) is 3. The Morgan fingerprint density at radius 3 is 3.14 bits per heavy atom. The van der Waals surface area contributed by atoms with Crippen molar-refractivity contribution in [2.45, 2.75) is 12.8 Å². The van der Waals surface area contributed by atoms with Gasteiger partial charge in [0.1, 0.15) is 12.0 Å². The molecule has 0 aromatic heterocycles. The highest BCUT2D eigenvalue weighted by Gasteiger charge is 2.26. The molecule has 0 radical (unpaired) electrons. The standard InChI is InChI=1S/C9H9N3O.ClH/c1-2-7-9(11-3-1)12-5-4-10-8(12)6-13-7;/h3-4,6H,1-2,5H2;1H. The van der Waals surface area contributed by atoms with E-state index in [0.717, 1.165) is 36.8 Å². The molecule has 0 aliphatic carbocycles. The summed E-state index contributed by atoms with van der Waals surface area (Å²) in [5, 5.41) is 0. The third-order valence-corrected chi connectivity index (χ3v) is 2.29. The lowest BCUT2D eigenvalue weighted by molar-refractivity contribution is 0.266. The van der Waals surface area contributed by atoms with E-state index in [1.165, 1.54) is 0 Å². The van der Waals surface area contributed by atoms with Gasteiger partial charge in [-0.3, -0.25) is 0 Å². The van der Waals surface area contributed by atoms with E-state index in [-0.39, 0.29) is 12.4 Å². The monoisotopic (exact) mass is 211 g/mol. The van der Waals surface area contributed by atoms with Crippen LogP contribution in [0.1, 0.15) is 12.8 Å². The van der Waals surface area contributed by atoms with Gasteiger partial charge in [-0.05, 0) is 6.42 Å². The first-order valence-electron chi connectivity index (χ1n) is 4.38. The Kier molecular flexibility index (Phi) is 2.29. The van der Waals surface area contributed by atoms with Crippen LogP contribution in [0.25, 0.3) is 0 Å². The van der Waals surface area contributed by atoms with Gasteiger partial charge >= 0.3 is 0 Å². The van der Waals surface area contributed by atoms with Gasteiger partial charge in [0.2, 0.25) is 0 Å². The van der Waals surface area contributed by atoms with Crippen LogP contribution in [0.4, 0.5) is 0 Å². The van der Waals surface area contributed by atoms with Crippen molar-refractivity contribution in [2.24, 2.45) is 9.98 Å². The molecule has 0 atom stereocenters. The number of fused-ring (bicyclic) bond motifs is 2. The minimum atomic E-state index is 0. The van der Waals surface area contributed by atoms with E-state index in [9.17, 15) is 0 Å². The van der Waals surface area contributed by atoms with Crippen LogP contribution in [-0.2, 0) is 4.74 Å². The van der Waals surface area contributed by atoms with Crippen LogP contribution in [0.15, 0.2) is 33.6 Å². The highest BCUT2D eigenvalue weighted by Crippen LogP contribution is 2.30. The number of halogens is 1. The lowest BCUT2D eigenvalue weighted by atomic mass is 10.2. The maximum absolute atomic E-state index is 5.44. The third-order valence-electron chi connectivity index (χ3n) is 2.29. The second kappa shape index (κ2) is 3.46. The summed E-state index contributed by atoms with van der Waals surface area (Å²) >= 11 is 0. The Morgan fingerprint density at radius 2 is 2.21 bits per heavy atom. The van der Waals surface area contributed by atoms with Crippen molar-refractivity contribution in [1.29, 1.82) is 0 Å². The zero-order valence-corrected chi connectivity index (χ0v) is 8.33. The number of hydrogen-bond acceptors (Lipinski definition) is 4. The zero-order valence-electron chi connectivity index (χ0n) is 7.51. The average molecular weight is 212 g/mol. The molecule has 0 fully saturated rings. The van der Waals surface area contributed by atoms with Crippen molar-refractivity contribution in [3.63, 3.8) is 0 Å². The molecular weight excluding hydrogens is 202 g/mol. The van der Waals surface area contributed by atoms with Crippen molar-refractivity contribution >= 4 is 24.8 Å². The molecule has 0 bridgehead atoms. The van der Waals surface area contributed by atoms with E-state index in [2.05, 4.69) is 14.9 Å². The van der Waals surface area contributed by atoms with Gasteiger partial charge in [-0.2, -0.15) is 0 Å². The Labute approximate surface area is 88.1 Å². The first kappa shape index (κ1) is 9.27. The highest BCUT2D eigenvalue weighted by atomic mass is 35.5. The molecule has 0 saturated heterocycles. The van der Waals surface area contributed by atoms with E-state index in [4.69, 9.17) is 4.74 Å². The van der Waals surface area contributed by atoms with Gasteiger partial charge in [-0.1, -0.05) is 0 Å². The Balaban J connectivity index is 0.000000750. The van der Waals surface area contributed by atoms with Gasteiger partial charge in [0, 0.05) is 18.9 Å². The SMILES string of the molecule is C1=NC2=COC3=C(N=CCC3)N2C1.Cl. The van der Waals surface area contributed by atoms with Crippen molar-refractivity contribution in [3.05, 3.63) is 23.7 Å². The predicted molar refractivity (Wildman–Crippen MR) is 56.4 cm³/mol. The molecule has 3 aliphatic heterocycles. The number of rotatable bonds is 0. The summed E-state index contributed by atoms with van der Waals surface area (Å²) in [5.74, 6) is 2.76. The van der Waals surface area contributed by atoms with Crippen LogP contribution in [0, 0.1) is 0 Å². The normalized spacial score (nSPS) is 22.3. The molecule has 0 spiro atoms. The summed E-state index contributed by atoms with van der Waals surface area (Å²) in [7, 11) is 0. The molecule has 3 aliphatic rings. The summed E-state index contributed by atoms with van der Waals surface area (Å²) in [4.78, 5) is 10.6. The smallest absolute Gasteiger partial charge is 0.173 e. The van der Waals surface area contributed by atoms with Crippen molar-refractivity contribution in [3.8, 4) is 0 Å². The van der Waals surface area contributed by atoms with Gasteiger partial charge < -0.3 is 9.64 Å². The fourth-order valence-electron chi connectivity index (χ4n) is 1.65. The molecule has 0 saturated carbocycles. The minimum absolute atomic E-state index is 0. The summed E-state index contributed by atoms with van der Waals surface area (Å²) in [6.07, 6.45) is 7.41. The first-order valence-corrected chi connectivity index (χ1v) is 4.38. The fourth-order valence-corrected chi connectivity index (χ4v) is 1.65. The predicted octanol–water partition coefficient (Wildman–Crippen LogP) is 1.66. The molecule has 74 valence electrons. The van der Waals surface area contributed by atoms with Crippen LogP contribution in [0.2, 0.25) is 0 Å². The molecule has 5 heteroatoms. The van der Waals surface area contributed by atoms with Crippen LogP contribution in [-0.4, -0.2) is 23.9 Å². The molecule has 0 N–H and O–H groups in total. The second-order valence-electron chi connectivity index (χ2n) is 3.11. The maximum atomic E-state index is 5.44. The molecule has 0 amide bonds. The number of hydrogen-bond donors (Lipinski definition) is 0. The van der Waals surface area contributed by atoms with Crippen molar-refractivity contribution in [1.82, 2.24) is 4.90 Å². The third kappa shape index (κ3) is 1.23. The van der Waals surface area contributed by atoms with Gasteiger partial charge in [0.15, 0.2) is 11.6 Å². The van der Waals surface area contributed by atoms with Gasteiger partial charge in [-0.25, -0.2) is 9.98 Å². The Bertz CT molecular complexity index is 370. The summed E-state index contributed by atoms with van der Waals surface area (Å²) in [6, 6.07) is 0. The van der Waals surface area contributed by atoms with E-state index < -0.39 is 0 Å². The van der Waals surface area contributed by atoms with Gasteiger partial charge in [0.25, 0.3) is 0 Å². The molecular formula is C9H10ClN3O. The maximum Gasteiger partial charge on any atom is 0.173 e. The number of ether oxygens (including phenoxy) is 1. The Morgan fingerprint density at radius 1 is 1.29 bits per heavy atom. The highest BCUT2D eigenvalue weighted by molar-refractivity contribution is 5.85. The molecule has 0 unspecified atom stereocenters. The molecule has 3 heterocycles. The summed E-state index contributed by atoms with van der Waals surface area (Å²) in [6.45, 7) is 0.811. The number of allylic oxidation sites excluding steroid dienone is 1. The topological polar surface area (TPSA) is 37.2 Å². The molecule has 4 nitrogen and oxygen atoms in total. The fraction of sp³-hybridized carbons (Fsp3) is 0.333. The van der Waals surface area contributed by atoms with Crippen LogP contribution < -0.4 is 0 Å². The molecule has 3 rings (SSSR count). The quantitative estimate of drug-likeness (QED) is 0.611. The molecule has 14 heavy (non-hydrogen) atoms. The van der Waals surface area contributed by atoms with Gasteiger partial charge in [0.05, 0.1) is 6.54 Å². The lowest BCUT2D eigenvalue weighted by Gasteiger charge is -2.26. The first-order chi connectivity index (χ1) is 6.45. The molecule has 0 aromatic carbocycles. The van der Waals surface area contributed by atoms with Crippen LogP contribution in [0.3, 0.4) is 0 Å². The zero-order chi connectivity index (χ0) is 8.67.